The Labute approximate surface area is 112 Å². The number of ether oxygens (including phenoxy) is 2. The minimum Gasteiger partial charge on any atom is -0.487 e. The van der Waals surface area contributed by atoms with E-state index in [0.29, 0.717) is 12.0 Å². The maximum absolute atomic E-state index is 6.16. The smallest absolute Gasteiger partial charge is 0.133 e. The quantitative estimate of drug-likeness (QED) is 0.907. The van der Waals surface area contributed by atoms with Gasteiger partial charge >= 0.3 is 0 Å². The second kappa shape index (κ2) is 5.51. The van der Waals surface area contributed by atoms with E-state index in [9.17, 15) is 0 Å². The third-order valence-electron chi connectivity index (χ3n) is 3.74. The van der Waals surface area contributed by atoms with Crippen LogP contribution in [0, 0.1) is 5.92 Å². The molecule has 0 saturated carbocycles. The molecule has 2 aliphatic rings. The molecule has 1 N–H and O–H groups in total. The second-order valence-electron chi connectivity index (χ2n) is 4.85. The Balaban J connectivity index is 1.73. The number of rotatable bonds is 3. The number of hydrogen-bond donors (Lipinski definition) is 1. The molecular formula is C14H19NO2S. The van der Waals surface area contributed by atoms with E-state index in [1.165, 1.54) is 4.90 Å². The Morgan fingerprint density at radius 1 is 1.39 bits per heavy atom. The predicted molar refractivity (Wildman–Crippen MR) is 73.4 cm³/mol. The summed E-state index contributed by atoms with van der Waals surface area (Å²) in [5, 5.41) is 3.43. The molecule has 3 unspecified atom stereocenters. The molecule has 3 atom stereocenters. The number of fused-ring (bicyclic) bond motifs is 1. The highest BCUT2D eigenvalue weighted by Crippen LogP contribution is 2.37. The normalized spacial score (nSPS) is 28.5. The van der Waals surface area contributed by atoms with Crippen molar-refractivity contribution < 1.29 is 9.47 Å². The summed E-state index contributed by atoms with van der Waals surface area (Å²) in [5.41, 5.74) is 0. The van der Waals surface area contributed by atoms with Crippen LogP contribution < -0.4 is 10.1 Å². The van der Waals surface area contributed by atoms with E-state index in [0.717, 1.165) is 31.1 Å². The van der Waals surface area contributed by atoms with Gasteiger partial charge in [-0.15, -0.1) is 11.8 Å². The minimum atomic E-state index is 0.238. The summed E-state index contributed by atoms with van der Waals surface area (Å²) in [4.78, 5) is 1.26. The monoisotopic (exact) mass is 265 g/mol. The molecule has 98 valence electrons. The van der Waals surface area contributed by atoms with Crippen LogP contribution in [-0.2, 0) is 4.74 Å². The molecule has 1 fully saturated rings. The van der Waals surface area contributed by atoms with Gasteiger partial charge in [0.25, 0.3) is 0 Å². The molecule has 18 heavy (non-hydrogen) atoms. The summed E-state index contributed by atoms with van der Waals surface area (Å²) >= 11 is 1.89. The van der Waals surface area contributed by atoms with Crippen LogP contribution in [0.25, 0.3) is 0 Å². The minimum absolute atomic E-state index is 0.238. The molecule has 0 radical (unpaired) electrons. The Hall–Kier alpha value is -0.710. The molecular weight excluding hydrogens is 246 g/mol. The second-order valence-corrected chi connectivity index (χ2v) is 5.91. The SMILES string of the molecule is CNC(C1CCOC1)C1CSc2ccccc2O1. The topological polar surface area (TPSA) is 30.5 Å². The lowest BCUT2D eigenvalue weighted by Crippen LogP contribution is -2.49. The summed E-state index contributed by atoms with van der Waals surface area (Å²) in [6.45, 7) is 1.75. The van der Waals surface area contributed by atoms with E-state index >= 15 is 0 Å². The first-order valence-corrected chi connectivity index (χ1v) is 7.50. The Bertz CT molecular complexity index is 407. The lowest BCUT2D eigenvalue weighted by atomic mass is 9.95. The summed E-state index contributed by atoms with van der Waals surface area (Å²) in [7, 11) is 2.03. The molecule has 3 rings (SSSR count). The first kappa shape index (κ1) is 12.3. The van der Waals surface area contributed by atoms with Gasteiger partial charge in [0, 0.05) is 29.2 Å². The number of para-hydroxylation sites is 1. The van der Waals surface area contributed by atoms with Crippen molar-refractivity contribution in [3.8, 4) is 5.75 Å². The van der Waals surface area contributed by atoms with Gasteiger partial charge in [-0.2, -0.15) is 0 Å². The molecule has 4 heteroatoms. The number of nitrogens with one attached hydrogen (secondary N) is 1. The van der Waals surface area contributed by atoms with Crippen LogP contribution in [-0.4, -0.2) is 38.2 Å². The molecule has 0 bridgehead atoms. The fourth-order valence-electron chi connectivity index (χ4n) is 2.77. The van der Waals surface area contributed by atoms with E-state index in [-0.39, 0.29) is 6.10 Å². The van der Waals surface area contributed by atoms with Crippen molar-refractivity contribution in [2.45, 2.75) is 23.5 Å². The summed E-state index contributed by atoms with van der Waals surface area (Å²) in [6, 6.07) is 8.67. The highest BCUT2D eigenvalue weighted by Gasteiger charge is 2.34. The zero-order valence-electron chi connectivity index (χ0n) is 10.6. The molecule has 1 aromatic carbocycles. The van der Waals surface area contributed by atoms with Crippen LogP contribution in [0.1, 0.15) is 6.42 Å². The largest absolute Gasteiger partial charge is 0.487 e. The van der Waals surface area contributed by atoms with Crippen molar-refractivity contribution in [3.63, 3.8) is 0 Å². The van der Waals surface area contributed by atoms with E-state index in [2.05, 4.69) is 23.5 Å². The van der Waals surface area contributed by atoms with Gasteiger partial charge < -0.3 is 14.8 Å². The number of thioether (sulfide) groups is 1. The molecule has 0 spiro atoms. The van der Waals surface area contributed by atoms with Crippen molar-refractivity contribution in [3.05, 3.63) is 24.3 Å². The summed E-state index contributed by atoms with van der Waals surface area (Å²) in [6.07, 6.45) is 1.37. The number of hydrogen-bond acceptors (Lipinski definition) is 4. The Kier molecular flexibility index (Phi) is 3.77. The molecule has 0 amide bonds. The fourth-order valence-corrected chi connectivity index (χ4v) is 3.83. The molecule has 0 aliphatic carbocycles. The molecule has 2 aliphatic heterocycles. The molecule has 1 aromatic rings. The van der Waals surface area contributed by atoms with Gasteiger partial charge in [-0.1, -0.05) is 12.1 Å². The van der Waals surface area contributed by atoms with Crippen LogP contribution >= 0.6 is 11.8 Å². The lowest BCUT2D eigenvalue weighted by molar-refractivity contribution is 0.120. The maximum Gasteiger partial charge on any atom is 0.133 e. The lowest BCUT2D eigenvalue weighted by Gasteiger charge is -2.34. The third kappa shape index (κ3) is 2.37. The average Bonchev–Trinajstić information content (AvgIpc) is 2.93. The van der Waals surface area contributed by atoms with Crippen molar-refractivity contribution >= 4 is 11.8 Å². The van der Waals surface area contributed by atoms with Gasteiger partial charge in [0.15, 0.2) is 0 Å². The van der Waals surface area contributed by atoms with E-state index in [1.807, 2.05) is 24.9 Å². The first-order chi connectivity index (χ1) is 8.88. The highest BCUT2D eigenvalue weighted by molar-refractivity contribution is 7.99. The Morgan fingerprint density at radius 2 is 2.28 bits per heavy atom. The van der Waals surface area contributed by atoms with E-state index in [1.54, 1.807) is 0 Å². The van der Waals surface area contributed by atoms with Crippen LogP contribution in [0.3, 0.4) is 0 Å². The molecule has 2 heterocycles. The highest BCUT2D eigenvalue weighted by atomic mass is 32.2. The third-order valence-corrected chi connectivity index (χ3v) is 4.88. The van der Waals surface area contributed by atoms with E-state index < -0.39 is 0 Å². The van der Waals surface area contributed by atoms with Crippen LogP contribution in [0.5, 0.6) is 5.75 Å². The first-order valence-electron chi connectivity index (χ1n) is 6.52. The molecule has 0 aromatic heterocycles. The van der Waals surface area contributed by atoms with Crippen molar-refractivity contribution in [1.29, 1.82) is 0 Å². The van der Waals surface area contributed by atoms with Crippen molar-refractivity contribution in [2.75, 3.05) is 26.0 Å². The molecule has 1 saturated heterocycles. The van der Waals surface area contributed by atoms with E-state index in [4.69, 9.17) is 9.47 Å². The summed E-state index contributed by atoms with van der Waals surface area (Å²) in [5.74, 6) is 2.61. The van der Waals surface area contributed by atoms with Crippen molar-refractivity contribution in [1.82, 2.24) is 5.32 Å². The average molecular weight is 265 g/mol. The van der Waals surface area contributed by atoms with Crippen molar-refractivity contribution in [2.24, 2.45) is 5.92 Å². The standard InChI is InChI=1S/C14H19NO2S/c1-15-14(10-6-7-16-8-10)12-9-18-13-5-3-2-4-11(13)17-12/h2-5,10,12,14-15H,6-9H2,1H3. The van der Waals surface area contributed by atoms with Gasteiger partial charge in [0.2, 0.25) is 0 Å². The van der Waals surface area contributed by atoms with Crippen LogP contribution in [0.4, 0.5) is 0 Å². The fraction of sp³-hybridized carbons (Fsp3) is 0.571. The predicted octanol–water partition coefficient (Wildman–Crippen LogP) is 2.16. The van der Waals surface area contributed by atoms with Gasteiger partial charge in [-0.3, -0.25) is 0 Å². The zero-order chi connectivity index (χ0) is 12.4. The Morgan fingerprint density at radius 3 is 3.06 bits per heavy atom. The number of likely N-dealkylation sites (N-methyl/N-ethyl adjacent to an activating group) is 1. The van der Waals surface area contributed by atoms with Gasteiger partial charge in [0.05, 0.1) is 6.61 Å². The zero-order valence-corrected chi connectivity index (χ0v) is 11.4. The number of benzene rings is 1. The van der Waals surface area contributed by atoms with Crippen LogP contribution in [0.15, 0.2) is 29.2 Å². The van der Waals surface area contributed by atoms with Gasteiger partial charge in [-0.25, -0.2) is 0 Å². The summed E-state index contributed by atoms with van der Waals surface area (Å²) < 4.78 is 11.7. The maximum atomic E-state index is 6.16. The molecule has 3 nitrogen and oxygen atoms in total. The van der Waals surface area contributed by atoms with Crippen LogP contribution in [0.2, 0.25) is 0 Å². The van der Waals surface area contributed by atoms with Gasteiger partial charge in [0.1, 0.15) is 11.9 Å². The van der Waals surface area contributed by atoms with Gasteiger partial charge in [-0.05, 0) is 25.6 Å².